The van der Waals surface area contributed by atoms with Crippen molar-refractivity contribution in [2.75, 3.05) is 22.7 Å². The van der Waals surface area contributed by atoms with Gasteiger partial charge in [0.2, 0.25) is 11.4 Å². The average Bonchev–Trinajstić information content (AvgIpc) is 3.32. The molecule has 15 heteroatoms. The number of allylic oxidation sites excluding steroid dienone is 2. The summed E-state index contributed by atoms with van der Waals surface area (Å²) in [5.74, 6) is -1.11. The molecule has 4 aromatic rings. The van der Waals surface area contributed by atoms with E-state index in [0.29, 0.717) is 27.7 Å². The van der Waals surface area contributed by atoms with Crippen LogP contribution in [0.3, 0.4) is 0 Å². The summed E-state index contributed by atoms with van der Waals surface area (Å²) in [7, 11) is -7.35. The van der Waals surface area contributed by atoms with Gasteiger partial charge in [0.15, 0.2) is 16.0 Å². The maximum absolute atomic E-state index is 11.8. The fourth-order valence-electron chi connectivity index (χ4n) is 4.48. The first-order chi connectivity index (χ1) is 18.8. The minimum Gasteiger partial charge on any atom is -0.743 e. The third-order valence-electron chi connectivity index (χ3n) is 6.19. The van der Waals surface area contributed by atoms with Gasteiger partial charge in [0.1, 0.15) is 10.5 Å². The normalized spacial score (nSPS) is 14.7. The second-order valence-electron chi connectivity index (χ2n) is 8.94. The molecule has 0 spiro atoms. The zero-order valence-electron chi connectivity index (χ0n) is 21.7. The van der Waals surface area contributed by atoms with Gasteiger partial charge in [-0.15, -0.1) is 0 Å². The zero-order chi connectivity index (χ0) is 28.8. The first-order valence-electron chi connectivity index (χ1n) is 11.6. The molecule has 0 amide bonds. The van der Waals surface area contributed by atoms with Crippen LogP contribution in [0.4, 0.5) is 11.4 Å². The third kappa shape index (κ3) is 7.43. The number of aromatic nitrogens is 1. The van der Waals surface area contributed by atoms with Gasteiger partial charge >= 0.3 is 51.4 Å². The van der Waals surface area contributed by atoms with E-state index in [9.17, 15) is 25.9 Å². The first kappa shape index (κ1) is 32.6. The standard InChI is InChI=1S/C26H21Cl2N3O6S3.K/c1-29-21-13-19(27)20(28)14-22(21)30(15-39(32,33)34)25(29)8-5-9-26-31(16-40(35,36)37)23-12-18(10-11-24(23)38-26)17-6-3-2-4-7-17;/h2-14H,15-16H2,1H3,(H-,32,33,34,35,36,37);/q;+1. The molecule has 1 N–H and O–H groups in total. The Bertz CT molecular complexity index is 1910. The summed E-state index contributed by atoms with van der Waals surface area (Å²) in [4.78, 5) is 3.05. The van der Waals surface area contributed by atoms with Crippen LogP contribution in [0.1, 0.15) is 5.01 Å². The topological polar surface area (TPSA) is 122 Å². The molecule has 0 atom stereocenters. The van der Waals surface area contributed by atoms with E-state index in [1.807, 2.05) is 48.5 Å². The summed E-state index contributed by atoms with van der Waals surface area (Å²) in [5.41, 5.74) is 3.39. The van der Waals surface area contributed by atoms with Crippen molar-refractivity contribution in [3.63, 3.8) is 0 Å². The molecular formula is C26H21Cl2KN3O6S3+. The van der Waals surface area contributed by atoms with Crippen molar-refractivity contribution in [1.82, 2.24) is 0 Å². The molecule has 0 unspecified atom stereocenters. The Labute approximate surface area is 294 Å². The Hall–Kier alpha value is -1.33. The molecule has 0 fully saturated rings. The van der Waals surface area contributed by atoms with Crippen LogP contribution in [-0.2, 0) is 26.1 Å². The van der Waals surface area contributed by atoms with Crippen molar-refractivity contribution in [3.05, 3.63) is 93.7 Å². The molecule has 9 nitrogen and oxygen atoms in total. The predicted molar refractivity (Wildman–Crippen MR) is 158 cm³/mol. The minimum absolute atomic E-state index is 0. The van der Waals surface area contributed by atoms with E-state index in [1.165, 1.54) is 26.9 Å². The number of hydrogen-bond acceptors (Lipinski definition) is 8. The number of nitrogens with zero attached hydrogens (tertiary/aromatic N) is 3. The van der Waals surface area contributed by atoms with Crippen molar-refractivity contribution < 1.29 is 81.9 Å². The van der Waals surface area contributed by atoms with Crippen LogP contribution in [-0.4, -0.2) is 38.9 Å². The van der Waals surface area contributed by atoms with E-state index in [4.69, 9.17) is 23.2 Å². The van der Waals surface area contributed by atoms with Crippen molar-refractivity contribution in [3.8, 4) is 11.1 Å². The fourth-order valence-corrected chi connectivity index (χ4v) is 7.13. The van der Waals surface area contributed by atoms with Gasteiger partial charge in [-0.1, -0.05) is 77.0 Å². The molecule has 1 aliphatic rings. The smallest absolute Gasteiger partial charge is 0.743 e. The average molecular weight is 678 g/mol. The van der Waals surface area contributed by atoms with Gasteiger partial charge < -0.3 is 14.4 Å². The van der Waals surface area contributed by atoms with Gasteiger partial charge in [-0.05, 0) is 35.4 Å². The maximum atomic E-state index is 11.8. The van der Waals surface area contributed by atoms with E-state index >= 15 is 0 Å². The summed E-state index contributed by atoms with van der Waals surface area (Å²) in [6.07, 6.45) is 4.84. The van der Waals surface area contributed by atoms with E-state index in [1.54, 1.807) is 36.2 Å². The first-order valence-corrected chi connectivity index (χ1v) is 16.4. The van der Waals surface area contributed by atoms with Crippen LogP contribution in [0.15, 0.2) is 78.6 Å². The fraction of sp³-hybridized carbons (Fsp3) is 0.115. The number of hydrogen-bond donors (Lipinski definition) is 1. The predicted octanol–water partition coefficient (Wildman–Crippen LogP) is 2.33. The largest absolute Gasteiger partial charge is 1.00 e. The molecule has 0 aliphatic carbocycles. The summed E-state index contributed by atoms with van der Waals surface area (Å²) in [5, 5.41) is 0.976. The molecule has 2 heterocycles. The van der Waals surface area contributed by atoms with Crippen LogP contribution in [0.5, 0.6) is 0 Å². The summed E-state index contributed by atoms with van der Waals surface area (Å²) in [6.45, 7) is 0. The third-order valence-corrected chi connectivity index (χ3v) is 9.20. The van der Waals surface area contributed by atoms with Crippen LogP contribution in [0, 0.1) is 0 Å². The second-order valence-corrected chi connectivity index (χ2v) is 13.6. The molecule has 0 radical (unpaired) electrons. The van der Waals surface area contributed by atoms with Gasteiger partial charge in [-0.25, -0.2) is 8.42 Å². The van der Waals surface area contributed by atoms with E-state index in [2.05, 4.69) is 0 Å². The molecule has 41 heavy (non-hydrogen) atoms. The van der Waals surface area contributed by atoms with Gasteiger partial charge in [0.05, 0.1) is 21.4 Å². The zero-order valence-corrected chi connectivity index (χ0v) is 28.8. The Morgan fingerprint density at radius 3 is 2.27 bits per heavy atom. The van der Waals surface area contributed by atoms with Crippen LogP contribution in [0.2, 0.25) is 10.0 Å². The van der Waals surface area contributed by atoms with Gasteiger partial charge in [0, 0.05) is 19.2 Å². The number of anilines is 2. The molecular weight excluding hydrogens is 657 g/mol. The molecule has 0 saturated carbocycles. The van der Waals surface area contributed by atoms with Crippen LogP contribution in [0.25, 0.3) is 27.4 Å². The number of halogens is 2. The van der Waals surface area contributed by atoms with Crippen molar-refractivity contribution in [2.24, 2.45) is 0 Å². The molecule has 208 valence electrons. The van der Waals surface area contributed by atoms with E-state index in [0.717, 1.165) is 15.8 Å². The van der Waals surface area contributed by atoms with Crippen LogP contribution >= 0.6 is 34.5 Å². The monoisotopic (exact) mass is 676 g/mol. The summed E-state index contributed by atoms with van der Waals surface area (Å²) in [6, 6.07) is 18.3. The second kappa shape index (κ2) is 12.7. The van der Waals surface area contributed by atoms with Gasteiger partial charge in [-0.3, -0.25) is 4.55 Å². The molecule has 1 aliphatic heterocycles. The molecule has 1 aromatic heterocycles. The van der Waals surface area contributed by atoms with Gasteiger partial charge in [0.25, 0.3) is 15.1 Å². The van der Waals surface area contributed by atoms with E-state index in [-0.39, 0.29) is 61.4 Å². The molecule has 3 aromatic carbocycles. The van der Waals surface area contributed by atoms with Crippen molar-refractivity contribution >= 4 is 82.4 Å². The van der Waals surface area contributed by atoms with Crippen molar-refractivity contribution in [1.29, 1.82) is 0 Å². The Morgan fingerprint density at radius 2 is 1.63 bits per heavy atom. The SMILES string of the molecule is CN1/C(=C\C=C\c2sc3ccc(-c4ccccc4)cc3[n+]2CS(=O)(=O)[O-])N(CS(=O)(=O)O)c2cc(Cl)c(Cl)cc21.[K+]. The summed E-state index contributed by atoms with van der Waals surface area (Å²) < 4.78 is 70.8. The molecule has 0 saturated heterocycles. The maximum Gasteiger partial charge on any atom is 1.00 e. The summed E-state index contributed by atoms with van der Waals surface area (Å²) >= 11 is 13.6. The van der Waals surface area contributed by atoms with Crippen LogP contribution < -0.4 is 65.8 Å². The number of benzene rings is 3. The number of thiazole rings is 1. The Kier molecular flexibility index (Phi) is 10.1. The number of fused-ring (bicyclic) bond motifs is 2. The Morgan fingerprint density at radius 1 is 0.976 bits per heavy atom. The van der Waals surface area contributed by atoms with Gasteiger partial charge in [-0.2, -0.15) is 13.0 Å². The number of rotatable bonds is 7. The quantitative estimate of drug-likeness (QED) is 0.180. The molecule has 5 rings (SSSR count). The van der Waals surface area contributed by atoms with Crippen molar-refractivity contribution in [2.45, 2.75) is 5.88 Å². The molecule has 0 bridgehead atoms. The minimum atomic E-state index is -4.63. The van der Waals surface area contributed by atoms with E-state index < -0.39 is 32.0 Å². The Balaban J connectivity index is 0.00000387.